The van der Waals surface area contributed by atoms with Gasteiger partial charge in [0.1, 0.15) is 19.3 Å². The molecule has 0 fully saturated rings. The molecular formula is C77H146O17P2. The number of phosphoric acid groups is 2. The predicted molar refractivity (Wildman–Crippen MR) is 391 cm³/mol. The van der Waals surface area contributed by atoms with E-state index in [0.29, 0.717) is 25.7 Å². The van der Waals surface area contributed by atoms with E-state index in [-0.39, 0.29) is 25.7 Å². The zero-order valence-corrected chi connectivity index (χ0v) is 63.9. The van der Waals surface area contributed by atoms with Crippen molar-refractivity contribution in [1.82, 2.24) is 0 Å². The summed E-state index contributed by atoms with van der Waals surface area (Å²) in [7, 11) is -9.93. The number of phosphoric ester groups is 2. The molecule has 0 bridgehead atoms. The summed E-state index contributed by atoms with van der Waals surface area (Å²) in [5.41, 5.74) is 0. The van der Waals surface area contributed by atoms with Gasteiger partial charge >= 0.3 is 39.5 Å². The van der Waals surface area contributed by atoms with Crippen LogP contribution in [-0.4, -0.2) is 96.7 Å². The third kappa shape index (κ3) is 70.0. The summed E-state index contributed by atoms with van der Waals surface area (Å²) in [5, 5.41) is 10.6. The van der Waals surface area contributed by atoms with Crippen molar-refractivity contribution in [3.63, 3.8) is 0 Å². The van der Waals surface area contributed by atoms with Gasteiger partial charge in [0.15, 0.2) is 12.2 Å². The molecule has 0 aromatic carbocycles. The lowest BCUT2D eigenvalue weighted by molar-refractivity contribution is -0.161. The topological polar surface area (TPSA) is 237 Å². The van der Waals surface area contributed by atoms with E-state index in [1.165, 1.54) is 180 Å². The SMILES string of the molecule is CCCCCC/C=C\C=C/CCCCCCCC(=O)O[C@H](COC(=O)CCCCCCCCCCCCCC(C)C)COP(=O)(O)OC[C@@H](O)COP(=O)(O)OC[C@@H](COC(=O)CCCCCCCCCCCCCCC)OC(=O)CCCCCCCCCCCCCC(C)C. The Morgan fingerprint density at radius 2 is 0.562 bits per heavy atom. The normalized spacial score (nSPS) is 14.2. The van der Waals surface area contributed by atoms with E-state index in [1.807, 2.05) is 0 Å². The van der Waals surface area contributed by atoms with E-state index in [9.17, 15) is 43.2 Å². The smallest absolute Gasteiger partial charge is 0.462 e. The molecule has 0 saturated carbocycles. The molecule has 5 atom stereocenters. The van der Waals surface area contributed by atoms with Gasteiger partial charge in [-0.1, -0.05) is 323 Å². The van der Waals surface area contributed by atoms with Crippen molar-refractivity contribution >= 4 is 39.5 Å². The minimum atomic E-state index is -4.97. The average Bonchev–Trinajstić information content (AvgIpc) is 2.42. The molecule has 3 N–H and O–H groups in total. The second-order valence-corrected chi connectivity index (χ2v) is 30.9. The molecule has 0 aliphatic rings. The lowest BCUT2D eigenvalue weighted by Crippen LogP contribution is -2.30. The van der Waals surface area contributed by atoms with Gasteiger partial charge in [0.25, 0.3) is 0 Å². The fourth-order valence-corrected chi connectivity index (χ4v) is 12.9. The maximum Gasteiger partial charge on any atom is 0.472 e. The average molecular weight is 1410 g/mol. The zero-order chi connectivity index (χ0) is 70.7. The van der Waals surface area contributed by atoms with Crippen molar-refractivity contribution in [3.05, 3.63) is 24.3 Å². The van der Waals surface area contributed by atoms with Crippen LogP contribution in [0, 0.1) is 11.8 Å². The summed E-state index contributed by atoms with van der Waals surface area (Å²) in [6.07, 6.45) is 58.9. The van der Waals surface area contributed by atoms with Crippen molar-refractivity contribution in [2.24, 2.45) is 11.8 Å². The van der Waals surface area contributed by atoms with Crippen molar-refractivity contribution in [3.8, 4) is 0 Å². The number of hydrogen-bond acceptors (Lipinski definition) is 15. The Morgan fingerprint density at radius 1 is 0.323 bits per heavy atom. The second kappa shape index (κ2) is 68.3. The maximum atomic E-state index is 13.1. The van der Waals surface area contributed by atoms with Crippen LogP contribution in [0.25, 0.3) is 0 Å². The maximum absolute atomic E-state index is 13.1. The molecule has 2 unspecified atom stereocenters. The quantitative estimate of drug-likeness (QED) is 0.0169. The molecule has 17 nitrogen and oxygen atoms in total. The summed E-state index contributed by atoms with van der Waals surface area (Å²) in [5.74, 6) is -0.611. The van der Waals surface area contributed by atoms with Gasteiger partial charge in [-0.05, 0) is 63.2 Å². The number of aliphatic hydroxyl groups excluding tert-OH is 1. The third-order valence-electron chi connectivity index (χ3n) is 17.3. The summed E-state index contributed by atoms with van der Waals surface area (Å²) in [4.78, 5) is 72.9. The van der Waals surface area contributed by atoms with Crippen LogP contribution in [0.2, 0.25) is 0 Å². The fraction of sp³-hybridized carbons (Fsp3) is 0.896. The van der Waals surface area contributed by atoms with E-state index in [0.717, 1.165) is 115 Å². The van der Waals surface area contributed by atoms with Crippen molar-refractivity contribution in [2.45, 2.75) is 394 Å². The molecule has 0 radical (unpaired) electrons. The number of carbonyl (C=O) groups excluding carboxylic acids is 4. The highest BCUT2D eigenvalue weighted by Gasteiger charge is 2.30. The van der Waals surface area contributed by atoms with E-state index in [1.54, 1.807) is 0 Å². The summed E-state index contributed by atoms with van der Waals surface area (Å²) < 4.78 is 68.5. The van der Waals surface area contributed by atoms with Crippen LogP contribution in [0.15, 0.2) is 24.3 Å². The molecule has 0 aromatic heterocycles. The highest BCUT2D eigenvalue weighted by molar-refractivity contribution is 7.47. The van der Waals surface area contributed by atoms with E-state index >= 15 is 0 Å². The van der Waals surface area contributed by atoms with Crippen LogP contribution in [0.4, 0.5) is 0 Å². The van der Waals surface area contributed by atoms with Crippen molar-refractivity contribution in [1.29, 1.82) is 0 Å². The molecule has 0 aliphatic carbocycles. The van der Waals surface area contributed by atoms with Crippen LogP contribution in [0.5, 0.6) is 0 Å². The second-order valence-electron chi connectivity index (χ2n) is 28.0. The van der Waals surface area contributed by atoms with Gasteiger partial charge in [-0.2, -0.15) is 0 Å². The Kier molecular flexibility index (Phi) is 66.6. The first-order valence-electron chi connectivity index (χ1n) is 39.3. The van der Waals surface area contributed by atoms with E-state index in [2.05, 4.69) is 65.8 Å². The highest BCUT2D eigenvalue weighted by atomic mass is 31.2. The van der Waals surface area contributed by atoms with Gasteiger partial charge in [0.2, 0.25) is 0 Å². The summed E-state index contributed by atoms with van der Waals surface area (Å²) in [6.45, 7) is 9.54. The number of carbonyl (C=O) groups is 4. The molecule has 566 valence electrons. The summed E-state index contributed by atoms with van der Waals surface area (Å²) in [6, 6.07) is 0. The van der Waals surface area contributed by atoms with Crippen molar-refractivity contribution in [2.75, 3.05) is 39.6 Å². The first-order chi connectivity index (χ1) is 46.4. The minimum Gasteiger partial charge on any atom is -0.462 e. The Hall–Kier alpha value is -2.46. The Morgan fingerprint density at radius 3 is 0.854 bits per heavy atom. The molecule has 0 rings (SSSR count). The molecular weight excluding hydrogens is 1260 g/mol. The number of ether oxygens (including phenoxy) is 4. The molecule has 0 saturated heterocycles. The van der Waals surface area contributed by atoms with Crippen LogP contribution < -0.4 is 0 Å². The lowest BCUT2D eigenvalue weighted by atomic mass is 10.0. The van der Waals surface area contributed by atoms with Gasteiger partial charge in [0.05, 0.1) is 26.4 Å². The van der Waals surface area contributed by atoms with Crippen LogP contribution >= 0.6 is 15.6 Å². The van der Waals surface area contributed by atoms with Crippen LogP contribution in [-0.2, 0) is 65.4 Å². The van der Waals surface area contributed by atoms with Gasteiger partial charge < -0.3 is 33.8 Å². The Bertz CT molecular complexity index is 1950. The predicted octanol–water partition coefficient (Wildman–Crippen LogP) is 22.3. The number of rotatable bonds is 74. The molecule has 0 heterocycles. The lowest BCUT2D eigenvalue weighted by Gasteiger charge is -2.21. The summed E-state index contributed by atoms with van der Waals surface area (Å²) >= 11 is 0. The molecule has 0 amide bonds. The van der Waals surface area contributed by atoms with Crippen LogP contribution in [0.1, 0.15) is 375 Å². The van der Waals surface area contributed by atoms with Gasteiger partial charge in [-0.25, -0.2) is 9.13 Å². The number of unbranched alkanes of at least 4 members (excludes halogenated alkanes) is 41. The van der Waals surface area contributed by atoms with Gasteiger partial charge in [-0.15, -0.1) is 0 Å². The monoisotopic (exact) mass is 1410 g/mol. The van der Waals surface area contributed by atoms with Gasteiger partial charge in [0, 0.05) is 25.7 Å². The number of aliphatic hydroxyl groups is 1. The Balaban J connectivity index is 5.31. The first kappa shape index (κ1) is 93.5. The Labute approximate surface area is 586 Å². The number of esters is 4. The largest absolute Gasteiger partial charge is 0.472 e. The highest BCUT2D eigenvalue weighted by Crippen LogP contribution is 2.45. The van der Waals surface area contributed by atoms with Crippen molar-refractivity contribution < 1.29 is 80.2 Å². The van der Waals surface area contributed by atoms with Crippen LogP contribution in [0.3, 0.4) is 0 Å². The van der Waals surface area contributed by atoms with E-state index < -0.39 is 97.5 Å². The zero-order valence-electron chi connectivity index (χ0n) is 62.2. The molecule has 0 spiro atoms. The molecule has 19 heteroatoms. The van der Waals surface area contributed by atoms with E-state index in [4.69, 9.17) is 37.0 Å². The number of hydrogen-bond donors (Lipinski definition) is 3. The molecule has 0 aliphatic heterocycles. The minimum absolute atomic E-state index is 0.0850. The fourth-order valence-electron chi connectivity index (χ4n) is 11.3. The molecule has 0 aromatic rings. The first-order valence-corrected chi connectivity index (χ1v) is 42.3. The van der Waals surface area contributed by atoms with Gasteiger partial charge in [-0.3, -0.25) is 37.3 Å². The number of allylic oxidation sites excluding steroid dienone is 4. The standard InChI is InChI=1S/C77H146O17P2/c1-7-9-11-13-15-17-19-21-22-24-30-37-43-49-55-61-76(81)93-72(66-88-75(80)60-54-48-42-36-31-25-27-33-39-45-51-57-69(3)4)67-91-95(83,84)89-63-71(78)64-90-96(85,86)92-68-73(65-87-74(79)59-53-47-41-35-29-23-20-18-16-14-12-10-8-2)94-77(82)62-56-50-44-38-32-26-28-34-40-46-52-58-70(5)6/h17,19,21-22,69-73,78H,7-16,18,20,23-68H2,1-6H3,(H,83,84)(H,85,86)/b19-17-,22-21-/t71-,72-,73-/m1/s1. The molecule has 96 heavy (non-hydrogen) atoms. The third-order valence-corrected chi connectivity index (χ3v) is 19.2.